The summed E-state index contributed by atoms with van der Waals surface area (Å²) in [5, 5.41) is 3.07. The fourth-order valence-corrected chi connectivity index (χ4v) is 1.54. The van der Waals surface area contributed by atoms with E-state index in [1.54, 1.807) is 7.11 Å². The third-order valence-electron chi connectivity index (χ3n) is 2.39. The minimum atomic E-state index is 0.453. The highest BCUT2D eigenvalue weighted by molar-refractivity contribution is 6.17. The van der Waals surface area contributed by atoms with Gasteiger partial charge in [0, 0.05) is 12.1 Å². The maximum atomic E-state index is 5.58. The van der Waals surface area contributed by atoms with Crippen molar-refractivity contribution in [1.82, 2.24) is 5.32 Å². The summed E-state index contributed by atoms with van der Waals surface area (Å²) in [6, 6.07) is 6.77. The lowest BCUT2D eigenvalue weighted by atomic mass is 10.0. The third kappa shape index (κ3) is 3.40. The zero-order valence-electron chi connectivity index (χ0n) is 9.51. The van der Waals surface area contributed by atoms with Crippen LogP contribution in [0.5, 0.6) is 5.75 Å². The highest BCUT2D eigenvalue weighted by Crippen LogP contribution is 2.24. The van der Waals surface area contributed by atoms with Crippen molar-refractivity contribution < 1.29 is 4.74 Å². The molecule has 0 bridgehead atoms. The van der Waals surface area contributed by atoms with Gasteiger partial charge >= 0.3 is 0 Å². The van der Waals surface area contributed by atoms with Crippen LogP contribution in [-0.4, -0.2) is 13.1 Å². The topological polar surface area (TPSA) is 21.3 Å². The molecule has 2 nitrogen and oxygen atoms in total. The molecule has 0 aliphatic rings. The van der Waals surface area contributed by atoms with Gasteiger partial charge in [-0.1, -0.05) is 26.0 Å². The second kappa shape index (κ2) is 5.99. The van der Waals surface area contributed by atoms with Crippen LogP contribution < -0.4 is 10.1 Å². The fourth-order valence-electron chi connectivity index (χ4n) is 1.45. The number of alkyl halides is 1. The van der Waals surface area contributed by atoms with Crippen LogP contribution in [0.1, 0.15) is 30.9 Å². The Morgan fingerprint density at radius 2 is 2.13 bits per heavy atom. The van der Waals surface area contributed by atoms with Crippen molar-refractivity contribution in [2.75, 3.05) is 13.1 Å². The minimum Gasteiger partial charge on any atom is -0.496 e. The van der Waals surface area contributed by atoms with Gasteiger partial charge in [0.2, 0.25) is 0 Å². The number of halogens is 1. The fraction of sp³-hybridized carbons (Fsp3) is 0.500. The molecule has 84 valence electrons. The molecule has 0 atom stereocenters. The van der Waals surface area contributed by atoms with E-state index in [-0.39, 0.29) is 0 Å². The molecule has 0 aliphatic carbocycles. The molecule has 0 spiro atoms. The van der Waals surface area contributed by atoms with Crippen LogP contribution in [-0.2, 0) is 6.54 Å². The first-order valence-corrected chi connectivity index (χ1v) is 5.66. The lowest BCUT2D eigenvalue weighted by Gasteiger charge is -2.12. The van der Waals surface area contributed by atoms with Gasteiger partial charge in [-0.15, -0.1) is 11.6 Å². The zero-order chi connectivity index (χ0) is 11.3. The molecule has 0 aromatic heterocycles. The van der Waals surface area contributed by atoms with Gasteiger partial charge in [0.1, 0.15) is 5.75 Å². The van der Waals surface area contributed by atoms with Gasteiger partial charge in [0.05, 0.1) is 13.1 Å². The van der Waals surface area contributed by atoms with Gasteiger partial charge in [0.25, 0.3) is 0 Å². The Bertz CT molecular complexity index is 312. The molecule has 0 amide bonds. The van der Waals surface area contributed by atoms with Crippen molar-refractivity contribution >= 4 is 11.6 Å². The molecule has 3 heteroatoms. The van der Waals surface area contributed by atoms with Gasteiger partial charge in [-0.2, -0.15) is 0 Å². The maximum absolute atomic E-state index is 5.58. The smallest absolute Gasteiger partial charge is 0.123 e. The SMILES string of the molecule is COc1cc(C(C)C)ccc1CNCCl. The Morgan fingerprint density at radius 1 is 1.40 bits per heavy atom. The molecule has 0 unspecified atom stereocenters. The first-order chi connectivity index (χ1) is 7.19. The van der Waals surface area contributed by atoms with E-state index in [4.69, 9.17) is 16.3 Å². The van der Waals surface area contributed by atoms with Crippen LogP contribution in [0.4, 0.5) is 0 Å². The summed E-state index contributed by atoms with van der Waals surface area (Å²) in [5.41, 5.74) is 2.43. The number of hydrogen-bond acceptors (Lipinski definition) is 2. The molecule has 1 aromatic carbocycles. The summed E-state index contributed by atoms with van der Waals surface area (Å²) < 4.78 is 5.35. The summed E-state index contributed by atoms with van der Waals surface area (Å²) in [6.07, 6.45) is 0. The molecular formula is C12H18ClNO. The monoisotopic (exact) mass is 227 g/mol. The normalized spacial score (nSPS) is 10.7. The van der Waals surface area contributed by atoms with E-state index in [2.05, 4.69) is 37.4 Å². The summed E-state index contributed by atoms with van der Waals surface area (Å²) >= 11 is 5.58. The Hall–Kier alpha value is -0.730. The molecule has 1 rings (SSSR count). The van der Waals surface area contributed by atoms with Gasteiger partial charge in [-0.05, 0) is 17.5 Å². The quantitative estimate of drug-likeness (QED) is 0.617. The zero-order valence-corrected chi connectivity index (χ0v) is 10.3. The molecule has 0 saturated heterocycles. The Balaban J connectivity index is 2.88. The first kappa shape index (κ1) is 12.3. The molecule has 15 heavy (non-hydrogen) atoms. The Morgan fingerprint density at radius 3 is 2.67 bits per heavy atom. The van der Waals surface area contributed by atoms with Crippen LogP contribution in [0, 0.1) is 0 Å². The van der Waals surface area contributed by atoms with Gasteiger partial charge < -0.3 is 4.74 Å². The van der Waals surface area contributed by atoms with E-state index in [0.717, 1.165) is 17.9 Å². The van der Waals surface area contributed by atoms with Crippen LogP contribution in [0.2, 0.25) is 0 Å². The van der Waals surface area contributed by atoms with E-state index in [9.17, 15) is 0 Å². The number of ether oxygens (including phenoxy) is 1. The van der Waals surface area contributed by atoms with Crippen LogP contribution >= 0.6 is 11.6 Å². The largest absolute Gasteiger partial charge is 0.496 e. The van der Waals surface area contributed by atoms with Crippen molar-refractivity contribution in [3.8, 4) is 5.75 Å². The van der Waals surface area contributed by atoms with Gasteiger partial charge in [0.15, 0.2) is 0 Å². The lowest BCUT2D eigenvalue weighted by Crippen LogP contribution is -2.11. The van der Waals surface area contributed by atoms with E-state index >= 15 is 0 Å². The lowest BCUT2D eigenvalue weighted by molar-refractivity contribution is 0.407. The number of rotatable bonds is 5. The van der Waals surface area contributed by atoms with Crippen LogP contribution in [0.25, 0.3) is 0 Å². The number of nitrogens with one attached hydrogen (secondary N) is 1. The van der Waals surface area contributed by atoms with Crippen molar-refractivity contribution in [2.24, 2.45) is 0 Å². The molecule has 1 N–H and O–H groups in total. The minimum absolute atomic E-state index is 0.453. The average molecular weight is 228 g/mol. The van der Waals surface area contributed by atoms with E-state index in [0.29, 0.717) is 11.9 Å². The molecule has 0 saturated carbocycles. The molecule has 0 radical (unpaired) electrons. The Kier molecular flexibility index (Phi) is 4.92. The standard InChI is InChI=1S/C12H18ClNO/c1-9(2)10-4-5-11(7-14-8-13)12(6-10)15-3/h4-6,9,14H,7-8H2,1-3H3. The van der Waals surface area contributed by atoms with E-state index in [1.165, 1.54) is 5.56 Å². The van der Waals surface area contributed by atoms with Crippen molar-refractivity contribution in [3.63, 3.8) is 0 Å². The number of methoxy groups -OCH3 is 1. The molecule has 0 aliphatic heterocycles. The van der Waals surface area contributed by atoms with E-state index < -0.39 is 0 Å². The second-order valence-corrected chi connectivity index (χ2v) is 4.05. The number of benzene rings is 1. The van der Waals surface area contributed by atoms with E-state index in [1.807, 2.05) is 0 Å². The predicted octanol–water partition coefficient (Wildman–Crippen LogP) is 3.10. The molecule has 1 aromatic rings. The van der Waals surface area contributed by atoms with Gasteiger partial charge in [-0.3, -0.25) is 5.32 Å². The van der Waals surface area contributed by atoms with Crippen molar-refractivity contribution in [1.29, 1.82) is 0 Å². The average Bonchev–Trinajstić information content (AvgIpc) is 2.25. The summed E-state index contributed by atoms with van der Waals surface area (Å²) in [6.45, 7) is 5.09. The first-order valence-electron chi connectivity index (χ1n) is 5.12. The van der Waals surface area contributed by atoms with Crippen LogP contribution in [0.15, 0.2) is 18.2 Å². The van der Waals surface area contributed by atoms with Crippen molar-refractivity contribution in [2.45, 2.75) is 26.3 Å². The molecule has 0 fully saturated rings. The number of hydrogen-bond donors (Lipinski definition) is 1. The molecule has 0 heterocycles. The Labute approximate surface area is 96.6 Å². The van der Waals surface area contributed by atoms with Crippen LogP contribution in [0.3, 0.4) is 0 Å². The highest BCUT2D eigenvalue weighted by atomic mass is 35.5. The summed E-state index contributed by atoms with van der Waals surface area (Å²) in [5.74, 6) is 1.45. The maximum Gasteiger partial charge on any atom is 0.123 e. The summed E-state index contributed by atoms with van der Waals surface area (Å²) in [7, 11) is 1.70. The third-order valence-corrected chi connectivity index (χ3v) is 2.58. The molecular weight excluding hydrogens is 210 g/mol. The predicted molar refractivity (Wildman–Crippen MR) is 64.6 cm³/mol. The second-order valence-electron chi connectivity index (χ2n) is 3.79. The summed E-state index contributed by atoms with van der Waals surface area (Å²) in [4.78, 5) is 0. The van der Waals surface area contributed by atoms with Crippen molar-refractivity contribution in [3.05, 3.63) is 29.3 Å². The van der Waals surface area contributed by atoms with Gasteiger partial charge in [-0.25, -0.2) is 0 Å². The highest BCUT2D eigenvalue weighted by Gasteiger charge is 2.06.